The lowest BCUT2D eigenvalue weighted by Crippen LogP contribution is -2.33. The molecule has 2 unspecified atom stereocenters. The minimum Gasteiger partial charge on any atom is -0.384 e. The zero-order chi connectivity index (χ0) is 11.5. The molecular formula is C12H14FNO. The Hall–Kier alpha value is -1.40. The van der Waals surface area contributed by atoms with E-state index in [1.807, 2.05) is 6.07 Å². The van der Waals surface area contributed by atoms with Crippen LogP contribution in [0.5, 0.6) is 0 Å². The summed E-state index contributed by atoms with van der Waals surface area (Å²) in [4.78, 5) is 0. The van der Waals surface area contributed by atoms with Crippen molar-refractivity contribution in [1.82, 2.24) is 0 Å². The molecule has 2 atom stereocenters. The maximum Gasteiger partial charge on any atom is 0.129 e. The number of benzene rings is 1. The van der Waals surface area contributed by atoms with E-state index in [-0.39, 0.29) is 5.56 Å². The average molecular weight is 207 g/mol. The molecule has 3 heteroatoms. The molecule has 80 valence electrons. The van der Waals surface area contributed by atoms with Crippen molar-refractivity contribution in [3.05, 3.63) is 35.6 Å². The molecule has 0 heterocycles. The van der Waals surface area contributed by atoms with Crippen molar-refractivity contribution in [3.63, 3.8) is 0 Å². The Balaban J connectivity index is 3.24. The van der Waals surface area contributed by atoms with Gasteiger partial charge in [0.05, 0.1) is 12.0 Å². The molecule has 1 aromatic carbocycles. The Bertz CT molecular complexity index is 385. The molecule has 0 fully saturated rings. The number of nitrogens with zero attached hydrogens (tertiary/aromatic N) is 1. The summed E-state index contributed by atoms with van der Waals surface area (Å²) < 4.78 is 13.5. The van der Waals surface area contributed by atoms with Crippen LogP contribution in [0.1, 0.15) is 25.8 Å². The van der Waals surface area contributed by atoms with E-state index in [0.29, 0.717) is 6.42 Å². The van der Waals surface area contributed by atoms with Crippen molar-refractivity contribution in [2.24, 2.45) is 5.92 Å². The highest BCUT2D eigenvalue weighted by atomic mass is 19.1. The van der Waals surface area contributed by atoms with Gasteiger partial charge in [-0.1, -0.05) is 25.1 Å². The Morgan fingerprint density at radius 2 is 2.13 bits per heavy atom. The molecule has 0 saturated carbocycles. The van der Waals surface area contributed by atoms with Crippen molar-refractivity contribution in [2.75, 3.05) is 0 Å². The Labute approximate surface area is 89.0 Å². The minimum absolute atomic E-state index is 0.196. The van der Waals surface area contributed by atoms with E-state index in [4.69, 9.17) is 5.26 Å². The van der Waals surface area contributed by atoms with Crippen LogP contribution in [0.25, 0.3) is 0 Å². The van der Waals surface area contributed by atoms with Crippen LogP contribution in [0.15, 0.2) is 24.3 Å². The van der Waals surface area contributed by atoms with Crippen LogP contribution in [-0.4, -0.2) is 5.11 Å². The summed E-state index contributed by atoms with van der Waals surface area (Å²) >= 11 is 0. The molecule has 0 aromatic heterocycles. The maximum absolute atomic E-state index is 13.5. The summed E-state index contributed by atoms with van der Waals surface area (Å²) in [6, 6.07) is 8.00. The van der Waals surface area contributed by atoms with Crippen LogP contribution in [0.4, 0.5) is 4.39 Å². The zero-order valence-electron chi connectivity index (χ0n) is 8.87. The molecule has 0 aliphatic carbocycles. The number of hydrogen-bond acceptors (Lipinski definition) is 2. The van der Waals surface area contributed by atoms with Gasteiger partial charge in [0.15, 0.2) is 0 Å². The van der Waals surface area contributed by atoms with Gasteiger partial charge in [0, 0.05) is 5.56 Å². The van der Waals surface area contributed by atoms with E-state index < -0.39 is 17.3 Å². The first kappa shape index (κ1) is 11.7. The third-order valence-electron chi connectivity index (χ3n) is 2.79. The first-order chi connectivity index (χ1) is 7.06. The van der Waals surface area contributed by atoms with Crippen LogP contribution in [0, 0.1) is 23.1 Å². The van der Waals surface area contributed by atoms with Gasteiger partial charge in [0.1, 0.15) is 11.4 Å². The topological polar surface area (TPSA) is 44.0 Å². The largest absolute Gasteiger partial charge is 0.384 e. The highest BCUT2D eigenvalue weighted by molar-refractivity contribution is 5.26. The van der Waals surface area contributed by atoms with Gasteiger partial charge < -0.3 is 5.11 Å². The van der Waals surface area contributed by atoms with Crippen molar-refractivity contribution in [1.29, 1.82) is 5.26 Å². The van der Waals surface area contributed by atoms with Gasteiger partial charge >= 0.3 is 0 Å². The number of aliphatic hydroxyl groups is 1. The SMILES string of the molecule is CCC(O)(c1ccccc1F)C(C)C#N. The Morgan fingerprint density at radius 3 is 2.60 bits per heavy atom. The van der Waals surface area contributed by atoms with Gasteiger partial charge in [-0.3, -0.25) is 0 Å². The van der Waals surface area contributed by atoms with Crippen molar-refractivity contribution in [2.45, 2.75) is 25.9 Å². The molecule has 15 heavy (non-hydrogen) atoms. The molecule has 0 saturated heterocycles. The van der Waals surface area contributed by atoms with E-state index in [1.165, 1.54) is 12.1 Å². The van der Waals surface area contributed by atoms with Crippen molar-refractivity contribution in [3.8, 4) is 6.07 Å². The molecule has 0 aliphatic rings. The standard InChI is InChI=1S/C12H14FNO/c1-3-12(15,9(2)8-14)10-6-4-5-7-11(10)13/h4-7,9,15H,3H2,1-2H3. The van der Waals surface area contributed by atoms with Crippen LogP contribution in [0.2, 0.25) is 0 Å². The van der Waals surface area contributed by atoms with Crippen LogP contribution in [0.3, 0.4) is 0 Å². The molecule has 0 aliphatic heterocycles. The summed E-state index contributed by atoms with van der Waals surface area (Å²) in [6.07, 6.45) is 0.308. The lowest BCUT2D eigenvalue weighted by Gasteiger charge is -2.30. The monoisotopic (exact) mass is 207 g/mol. The number of rotatable bonds is 3. The lowest BCUT2D eigenvalue weighted by atomic mass is 9.81. The molecule has 1 rings (SSSR count). The summed E-state index contributed by atoms with van der Waals surface area (Å²) in [5.41, 5.74) is -1.21. The van der Waals surface area contributed by atoms with E-state index in [9.17, 15) is 9.50 Å². The number of halogens is 1. The highest BCUT2D eigenvalue weighted by Crippen LogP contribution is 2.34. The zero-order valence-corrected chi connectivity index (χ0v) is 8.87. The Kier molecular flexibility index (Phi) is 3.43. The Morgan fingerprint density at radius 1 is 1.53 bits per heavy atom. The summed E-state index contributed by atoms with van der Waals surface area (Å²) in [7, 11) is 0. The summed E-state index contributed by atoms with van der Waals surface area (Å²) in [5.74, 6) is -1.11. The third kappa shape index (κ3) is 2.00. The van der Waals surface area contributed by atoms with Crippen molar-refractivity contribution >= 4 is 0 Å². The van der Waals surface area contributed by atoms with Crippen LogP contribution in [-0.2, 0) is 5.60 Å². The van der Waals surface area contributed by atoms with Crippen LogP contribution >= 0.6 is 0 Å². The van der Waals surface area contributed by atoms with Gasteiger partial charge in [-0.25, -0.2) is 4.39 Å². The third-order valence-corrected chi connectivity index (χ3v) is 2.79. The maximum atomic E-state index is 13.5. The van der Waals surface area contributed by atoms with E-state index in [0.717, 1.165) is 0 Å². The van der Waals surface area contributed by atoms with Gasteiger partial charge in [0.2, 0.25) is 0 Å². The summed E-state index contributed by atoms with van der Waals surface area (Å²) in [6.45, 7) is 3.33. The molecule has 1 aromatic rings. The quantitative estimate of drug-likeness (QED) is 0.827. The normalized spacial score (nSPS) is 16.5. The molecule has 1 N–H and O–H groups in total. The lowest BCUT2D eigenvalue weighted by molar-refractivity contribution is -0.00369. The predicted octanol–water partition coefficient (Wildman–Crippen LogP) is 2.58. The van der Waals surface area contributed by atoms with Gasteiger partial charge in [-0.05, 0) is 19.4 Å². The number of nitriles is 1. The van der Waals surface area contributed by atoms with E-state index in [1.54, 1.807) is 26.0 Å². The molecule has 2 nitrogen and oxygen atoms in total. The number of hydrogen-bond donors (Lipinski definition) is 1. The minimum atomic E-state index is -1.40. The molecular weight excluding hydrogens is 193 g/mol. The smallest absolute Gasteiger partial charge is 0.129 e. The molecule has 0 radical (unpaired) electrons. The first-order valence-corrected chi connectivity index (χ1v) is 4.93. The van der Waals surface area contributed by atoms with E-state index in [2.05, 4.69) is 0 Å². The second-order valence-corrected chi connectivity index (χ2v) is 3.61. The van der Waals surface area contributed by atoms with Crippen molar-refractivity contribution < 1.29 is 9.50 Å². The fourth-order valence-corrected chi connectivity index (χ4v) is 1.65. The predicted molar refractivity (Wildman–Crippen MR) is 55.4 cm³/mol. The summed E-state index contributed by atoms with van der Waals surface area (Å²) in [5, 5.41) is 19.1. The van der Waals surface area contributed by atoms with Gasteiger partial charge in [-0.15, -0.1) is 0 Å². The molecule has 0 bridgehead atoms. The second kappa shape index (κ2) is 4.41. The fourth-order valence-electron chi connectivity index (χ4n) is 1.65. The fraction of sp³-hybridized carbons (Fsp3) is 0.417. The molecule has 0 amide bonds. The van der Waals surface area contributed by atoms with E-state index >= 15 is 0 Å². The highest BCUT2D eigenvalue weighted by Gasteiger charge is 2.36. The van der Waals surface area contributed by atoms with Gasteiger partial charge in [-0.2, -0.15) is 5.26 Å². The molecule has 0 spiro atoms. The average Bonchev–Trinajstić information content (AvgIpc) is 2.27. The van der Waals surface area contributed by atoms with Crippen LogP contribution < -0.4 is 0 Å². The second-order valence-electron chi connectivity index (χ2n) is 3.61. The van der Waals surface area contributed by atoms with Gasteiger partial charge in [0.25, 0.3) is 0 Å². The first-order valence-electron chi connectivity index (χ1n) is 4.93.